The summed E-state index contributed by atoms with van der Waals surface area (Å²) >= 11 is 1.52. The summed E-state index contributed by atoms with van der Waals surface area (Å²) in [4.78, 5) is 7.73. The van der Waals surface area contributed by atoms with Crippen LogP contribution in [0.2, 0.25) is 0 Å². The summed E-state index contributed by atoms with van der Waals surface area (Å²) in [5, 5.41) is 13.2. The van der Waals surface area contributed by atoms with Crippen LogP contribution in [0, 0.1) is 0 Å². The second-order valence-corrected chi connectivity index (χ2v) is 5.99. The van der Waals surface area contributed by atoms with Crippen LogP contribution in [-0.4, -0.2) is 51.2 Å². The Balaban J connectivity index is 1.98. The van der Waals surface area contributed by atoms with Gasteiger partial charge in [0.15, 0.2) is 5.65 Å². The fourth-order valence-electron chi connectivity index (χ4n) is 2.37. The molecule has 2 aromatic heterocycles. The van der Waals surface area contributed by atoms with Crippen LogP contribution in [0.5, 0.6) is 0 Å². The van der Waals surface area contributed by atoms with Gasteiger partial charge in [-0.15, -0.1) is 11.8 Å². The molecule has 0 spiro atoms. The maximum absolute atomic E-state index is 8.93. The minimum Gasteiger partial charge on any atom is -0.396 e. The normalized spacial score (nSPS) is 19.1. The van der Waals surface area contributed by atoms with E-state index in [4.69, 9.17) is 16.6 Å². The van der Waals surface area contributed by atoms with Gasteiger partial charge in [0.25, 0.3) is 0 Å². The van der Waals surface area contributed by atoms with Gasteiger partial charge in [0.05, 0.1) is 17.7 Å². The Kier molecular flexibility index (Phi) is 3.68. The van der Waals surface area contributed by atoms with Gasteiger partial charge in [-0.25, -0.2) is 4.98 Å². The Bertz CT molecular complexity index is 615. The molecule has 3 rings (SSSR count). The molecular weight excluding hydrogens is 276 g/mol. The zero-order valence-corrected chi connectivity index (χ0v) is 11.9. The van der Waals surface area contributed by atoms with E-state index in [1.54, 1.807) is 10.7 Å². The molecule has 1 aliphatic rings. The van der Waals surface area contributed by atoms with Crippen molar-refractivity contribution in [3.63, 3.8) is 0 Å². The van der Waals surface area contributed by atoms with Crippen LogP contribution >= 0.6 is 11.8 Å². The molecule has 8 heteroatoms. The van der Waals surface area contributed by atoms with Crippen molar-refractivity contribution < 1.29 is 5.11 Å². The van der Waals surface area contributed by atoms with E-state index in [1.807, 2.05) is 6.07 Å². The van der Waals surface area contributed by atoms with E-state index in [2.05, 4.69) is 15.0 Å². The highest BCUT2D eigenvalue weighted by molar-refractivity contribution is 7.99. The summed E-state index contributed by atoms with van der Waals surface area (Å²) in [6, 6.07) is 2.03. The molecule has 20 heavy (non-hydrogen) atoms. The van der Waals surface area contributed by atoms with E-state index in [1.165, 1.54) is 11.8 Å². The average Bonchev–Trinajstić information content (AvgIpc) is 3.03. The molecule has 5 N–H and O–H groups in total. The Morgan fingerprint density at radius 3 is 3.05 bits per heavy atom. The van der Waals surface area contributed by atoms with Crippen molar-refractivity contribution in [2.75, 3.05) is 36.1 Å². The monoisotopic (exact) mass is 294 g/mol. The number of nitrogens with two attached hydrogens (primary N) is 2. The number of rotatable bonds is 4. The molecular formula is C12H18N6OS. The van der Waals surface area contributed by atoms with E-state index in [-0.39, 0.29) is 12.6 Å². The highest BCUT2D eigenvalue weighted by Gasteiger charge is 2.22. The molecule has 0 aliphatic carbocycles. The predicted molar refractivity (Wildman–Crippen MR) is 80.0 cm³/mol. The molecule has 0 radical (unpaired) electrons. The van der Waals surface area contributed by atoms with Crippen molar-refractivity contribution in [1.82, 2.24) is 14.6 Å². The van der Waals surface area contributed by atoms with E-state index in [9.17, 15) is 0 Å². The van der Waals surface area contributed by atoms with Crippen LogP contribution in [0.25, 0.3) is 5.65 Å². The summed E-state index contributed by atoms with van der Waals surface area (Å²) in [7, 11) is 0. The van der Waals surface area contributed by atoms with E-state index >= 15 is 0 Å². The van der Waals surface area contributed by atoms with Crippen LogP contribution in [0.4, 0.5) is 11.6 Å². The maximum atomic E-state index is 8.93. The van der Waals surface area contributed by atoms with Gasteiger partial charge < -0.3 is 21.5 Å². The first-order valence-corrected chi connectivity index (χ1v) is 7.56. The first-order valence-electron chi connectivity index (χ1n) is 6.57. The smallest absolute Gasteiger partial charge is 0.173 e. The molecule has 0 bridgehead atoms. The third-order valence-corrected chi connectivity index (χ3v) is 4.34. The number of nitrogens with zero attached hydrogens (tertiary/aromatic N) is 4. The molecule has 0 unspecified atom stereocenters. The van der Waals surface area contributed by atoms with Gasteiger partial charge in [-0.3, -0.25) is 0 Å². The fraction of sp³-hybridized carbons (Fsp3) is 0.500. The maximum Gasteiger partial charge on any atom is 0.173 e. The second-order valence-electron chi connectivity index (χ2n) is 4.85. The molecule has 0 saturated carbocycles. The van der Waals surface area contributed by atoms with Crippen molar-refractivity contribution in [2.24, 2.45) is 5.73 Å². The first kappa shape index (κ1) is 13.5. The van der Waals surface area contributed by atoms with Gasteiger partial charge in [0, 0.05) is 31.0 Å². The largest absolute Gasteiger partial charge is 0.396 e. The molecule has 7 nitrogen and oxygen atoms in total. The Morgan fingerprint density at radius 1 is 1.50 bits per heavy atom. The SMILES string of the molecule is Nc1cc(N2CC[C@H](N)C2)nc2c(SCCO)cnn12. The number of nitrogen functional groups attached to an aromatic ring is 1. The average molecular weight is 294 g/mol. The third-order valence-electron chi connectivity index (χ3n) is 3.35. The number of aromatic nitrogens is 3. The highest BCUT2D eigenvalue weighted by atomic mass is 32.2. The topological polar surface area (TPSA) is 106 Å². The molecule has 2 aromatic rings. The lowest BCUT2D eigenvalue weighted by Crippen LogP contribution is -2.27. The van der Waals surface area contributed by atoms with Gasteiger partial charge in [0.1, 0.15) is 11.6 Å². The van der Waals surface area contributed by atoms with Crippen molar-refractivity contribution >= 4 is 29.0 Å². The van der Waals surface area contributed by atoms with Crippen molar-refractivity contribution in [3.8, 4) is 0 Å². The minimum atomic E-state index is 0.123. The summed E-state index contributed by atoms with van der Waals surface area (Å²) in [6.07, 6.45) is 2.71. The molecule has 108 valence electrons. The summed E-state index contributed by atoms with van der Waals surface area (Å²) < 4.78 is 1.62. The van der Waals surface area contributed by atoms with Crippen LogP contribution < -0.4 is 16.4 Å². The summed E-state index contributed by atoms with van der Waals surface area (Å²) in [5.74, 6) is 2.01. The summed E-state index contributed by atoms with van der Waals surface area (Å²) in [5.41, 5.74) is 12.7. The van der Waals surface area contributed by atoms with E-state index < -0.39 is 0 Å². The van der Waals surface area contributed by atoms with Crippen LogP contribution in [0.15, 0.2) is 17.2 Å². The Labute approximate surface area is 120 Å². The molecule has 0 aromatic carbocycles. The van der Waals surface area contributed by atoms with E-state index in [0.29, 0.717) is 11.6 Å². The zero-order valence-electron chi connectivity index (χ0n) is 11.1. The molecule has 1 atom stereocenters. The quantitative estimate of drug-likeness (QED) is 0.678. The van der Waals surface area contributed by atoms with Gasteiger partial charge in [-0.2, -0.15) is 9.61 Å². The van der Waals surface area contributed by atoms with Gasteiger partial charge >= 0.3 is 0 Å². The highest BCUT2D eigenvalue weighted by Crippen LogP contribution is 2.27. The van der Waals surface area contributed by atoms with Crippen LogP contribution in [-0.2, 0) is 0 Å². The predicted octanol–water partition coefficient (Wildman–Crippen LogP) is -0.0667. The van der Waals surface area contributed by atoms with Crippen LogP contribution in [0.3, 0.4) is 0 Å². The number of hydrogen-bond acceptors (Lipinski definition) is 7. The van der Waals surface area contributed by atoms with E-state index in [0.717, 1.165) is 35.9 Å². The number of fused-ring (bicyclic) bond motifs is 1. The van der Waals surface area contributed by atoms with Crippen LogP contribution in [0.1, 0.15) is 6.42 Å². The number of aliphatic hydroxyl groups is 1. The molecule has 1 fully saturated rings. The lowest BCUT2D eigenvalue weighted by molar-refractivity contribution is 0.322. The minimum absolute atomic E-state index is 0.123. The number of aliphatic hydroxyl groups excluding tert-OH is 1. The molecule has 1 aliphatic heterocycles. The zero-order chi connectivity index (χ0) is 14.1. The fourth-order valence-corrected chi connectivity index (χ4v) is 3.06. The lowest BCUT2D eigenvalue weighted by Gasteiger charge is -2.17. The molecule has 0 amide bonds. The number of thioether (sulfide) groups is 1. The van der Waals surface area contributed by atoms with Crippen molar-refractivity contribution in [2.45, 2.75) is 17.4 Å². The molecule has 3 heterocycles. The third kappa shape index (κ3) is 2.41. The summed E-state index contributed by atoms with van der Waals surface area (Å²) in [6.45, 7) is 1.82. The Hall–Kier alpha value is -1.51. The first-order chi connectivity index (χ1) is 9.69. The lowest BCUT2D eigenvalue weighted by atomic mass is 10.3. The van der Waals surface area contributed by atoms with Gasteiger partial charge in [-0.05, 0) is 6.42 Å². The standard InChI is InChI=1S/C12H18N6OS/c13-8-1-2-17(7-8)11-5-10(14)18-12(16-11)9(6-15-18)20-4-3-19/h5-6,8,19H,1-4,7,13-14H2/t8-/m0/s1. The number of hydrogen-bond donors (Lipinski definition) is 3. The van der Waals surface area contributed by atoms with Crippen molar-refractivity contribution in [3.05, 3.63) is 12.3 Å². The Morgan fingerprint density at radius 2 is 2.35 bits per heavy atom. The van der Waals surface area contributed by atoms with Crippen molar-refractivity contribution in [1.29, 1.82) is 0 Å². The second kappa shape index (κ2) is 5.47. The molecule has 1 saturated heterocycles. The van der Waals surface area contributed by atoms with Gasteiger partial charge in [-0.1, -0.05) is 0 Å². The number of anilines is 2. The van der Waals surface area contributed by atoms with Gasteiger partial charge in [0.2, 0.25) is 0 Å².